The number of carbonyl (C=O) groups excluding carboxylic acids is 1. The van der Waals surface area contributed by atoms with Crippen LogP contribution in [0.2, 0.25) is 0 Å². The van der Waals surface area contributed by atoms with E-state index in [0.717, 1.165) is 31.5 Å². The van der Waals surface area contributed by atoms with Crippen LogP contribution in [-0.4, -0.2) is 56.5 Å². The molecule has 1 aromatic rings. The standard InChI is InChI=1S/C15H19I2N3O3/c1-2-23-15-12(16)7-11(8-13(15)17)9-18-19-14(21)10-20-3-5-22-6-4-20/h7-9H,2-6,10H2,1H3,(H,19,21)/b18-9+. The molecule has 1 aliphatic heterocycles. The quantitative estimate of drug-likeness (QED) is 0.340. The number of nitrogens with zero attached hydrogens (tertiary/aromatic N) is 2. The number of hydrogen-bond donors (Lipinski definition) is 1. The van der Waals surface area contributed by atoms with Crippen LogP contribution in [0.1, 0.15) is 12.5 Å². The minimum atomic E-state index is -0.113. The van der Waals surface area contributed by atoms with Crippen LogP contribution in [0.15, 0.2) is 17.2 Å². The van der Waals surface area contributed by atoms with Crippen LogP contribution in [0, 0.1) is 7.14 Å². The molecule has 1 aliphatic rings. The Labute approximate surface area is 163 Å². The minimum Gasteiger partial charge on any atom is -0.492 e. The van der Waals surface area contributed by atoms with Gasteiger partial charge in [0.1, 0.15) is 5.75 Å². The predicted octanol–water partition coefficient (Wildman–Crippen LogP) is 2.08. The van der Waals surface area contributed by atoms with E-state index in [-0.39, 0.29) is 5.91 Å². The average Bonchev–Trinajstić information content (AvgIpc) is 2.52. The van der Waals surface area contributed by atoms with E-state index >= 15 is 0 Å². The Balaban J connectivity index is 1.88. The molecule has 2 rings (SSSR count). The van der Waals surface area contributed by atoms with Gasteiger partial charge in [0.05, 0.1) is 39.7 Å². The van der Waals surface area contributed by atoms with E-state index in [1.165, 1.54) is 0 Å². The van der Waals surface area contributed by atoms with Crippen molar-refractivity contribution in [3.05, 3.63) is 24.8 Å². The summed E-state index contributed by atoms with van der Waals surface area (Å²) in [7, 11) is 0. The Morgan fingerprint density at radius 3 is 2.65 bits per heavy atom. The first-order valence-electron chi connectivity index (χ1n) is 7.34. The van der Waals surface area contributed by atoms with Gasteiger partial charge in [-0.1, -0.05) is 0 Å². The number of amides is 1. The number of halogens is 2. The lowest BCUT2D eigenvalue weighted by molar-refractivity contribution is -0.123. The molecule has 8 heteroatoms. The summed E-state index contributed by atoms with van der Waals surface area (Å²) >= 11 is 4.48. The average molecular weight is 543 g/mol. The monoisotopic (exact) mass is 543 g/mol. The van der Waals surface area contributed by atoms with Crippen molar-refractivity contribution in [3.8, 4) is 5.75 Å². The Morgan fingerprint density at radius 2 is 2.04 bits per heavy atom. The van der Waals surface area contributed by atoms with Crippen molar-refractivity contribution in [1.29, 1.82) is 0 Å². The molecule has 6 nitrogen and oxygen atoms in total. The summed E-state index contributed by atoms with van der Waals surface area (Å²) in [6.07, 6.45) is 1.65. The maximum Gasteiger partial charge on any atom is 0.254 e. The number of ether oxygens (including phenoxy) is 2. The lowest BCUT2D eigenvalue weighted by Crippen LogP contribution is -2.42. The van der Waals surface area contributed by atoms with Crippen molar-refractivity contribution in [1.82, 2.24) is 10.3 Å². The number of hydrogen-bond acceptors (Lipinski definition) is 5. The van der Waals surface area contributed by atoms with Crippen molar-refractivity contribution in [2.75, 3.05) is 39.5 Å². The molecular weight excluding hydrogens is 524 g/mol. The summed E-state index contributed by atoms with van der Waals surface area (Å²) in [5.74, 6) is 0.778. The van der Waals surface area contributed by atoms with Crippen molar-refractivity contribution in [2.45, 2.75) is 6.92 Å². The summed E-state index contributed by atoms with van der Waals surface area (Å²) < 4.78 is 12.9. The number of rotatable bonds is 6. The van der Waals surface area contributed by atoms with Crippen LogP contribution in [0.5, 0.6) is 5.75 Å². The van der Waals surface area contributed by atoms with Gasteiger partial charge in [-0.3, -0.25) is 9.69 Å². The van der Waals surface area contributed by atoms with Crippen molar-refractivity contribution in [3.63, 3.8) is 0 Å². The zero-order valence-electron chi connectivity index (χ0n) is 12.8. The first-order chi connectivity index (χ1) is 11.1. The highest BCUT2D eigenvalue weighted by atomic mass is 127. The highest BCUT2D eigenvalue weighted by Gasteiger charge is 2.13. The molecule has 0 atom stereocenters. The number of hydrazone groups is 1. The van der Waals surface area contributed by atoms with Gasteiger partial charge in [0.15, 0.2) is 0 Å². The maximum atomic E-state index is 11.8. The van der Waals surface area contributed by atoms with Gasteiger partial charge in [-0.15, -0.1) is 0 Å². The second-order valence-corrected chi connectivity index (χ2v) is 7.25. The summed E-state index contributed by atoms with van der Waals surface area (Å²) in [6, 6.07) is 3.96. The summed E-state index contributed by atoms with van der Waals surface area (Å²) in [6.45, 7) is 5.87. The van der Waals surface area contributed by atoms with E-state index in [4.69, 9.17) is 9.47 Å². The molecule has 1 amide bonds. The molecule has 126 valence electrons. The SMILES string of the molecule is CCOc1c(I)cc(/C=N/NC(=O)CN2CCOCC2)cc1I. The molecule has 0 radical (unpaired) electrons. The van der Waals surface area contributed by atoms with E-state index in [0.29, 0.717) is 26.4 Å². The molecule has 1 saturated heterocycles. The summed E-state index contributed by atoms with van der Waals surface area (Å²) in [5.41, 5.74) is 3.49. The topological polar surface area (TPSA) is 63.2 Å². The molecular formula is C15H19I2N3O3. The highest BCUT2D eigenvalue weighted by molar-refractivity contribution is 14.1. The third-order valence-electron chi connectivity index (χ3n) is 3.18. The van der Waals surface area contributed by atoms with E-state index in [1.54, 1.807) is 6.21 Å². The van der Waals surface area contributed by atoms with Gasteiger partial charge in [0.25, 0.3) is 5.91 Å². The Bertz CT molecular complexity index is 552. The zero-order chi connectivity index (χ0) is 16.7. The fraction of sp³-hybridized carbons (Fsp3) is 0.467. The second kappa shape index (κ2) is 9.74. The summed E-state index contributed by atoms with van der Waals surface area (Å²) in [4.78, 5) is 13.9. The fourth-order valence-corrected chi connectivity index (χ4v) is 4.24. The maximum absolute atomic E-state index is 11.8. The largest absolute Gasteiger partial charge is 0.492 e. The van der Waals surface area contributed by atoms with Crippen LogP contribution in [-0.2, 0) is 9.53 Å². The molecule has 1 N–H and O–H groups in total. The lowest BCUT2D eigenvalue weighted by Gasteiger charge is -2.25. The molecule has 0 aliphatic carbocycles. The molecule has 0 saturated carbocycles. The fourth-order valence-electron chi connectivity index (χ4n) is 2.11. The first-order valence-corrected chi connectivity index (χ1v) is 9.49. The third-order valence-corrected chi connectivity index (χ3v) is 4.79. The molecule has 0 unspecified atom stereocenters. The number of morpholine rings is 1. The predicted molar refractivity (Wildman–Crippen MR) is 106 cm³/mol. The Kier molecular flexibility index (Phi) is 7.99. The van der Waals surface area contributed by atoms with Gasteiger partial charge in [0, 0.05) is 13.1 Å². The number of nitrogens with one attached hydrogen (secondary N) is 1. The van der Waals surface area contributed by atoms with Crippen LogP contribution >= 0.6 is 45.2 Å². The zero-order valence-corrected chi connectivity index (χ0v) is 17.2. The van der Waals surface area contributed by atoms with Crippen LogP contribution in [0.4, 0.5) is 0 Å². The molecule has 0 bridgehead atoms. The van der Waals surface area contributed by atoms with Gasteiger partial charge < -0.3 is 9.47 Å². The van der Waals surface area contributed by atoms with Crippen molar-refractivity contribution in [2.24, 2.45) is 5.10 Å². The normalized spacial score (nSPS) is 15.8. The molecule has 0 spiro atoms. The van der Waals surface area contributed by atoms with Crippen LogP contribution in [0.3, 0.4) is 0 Å². The smallest absolute Gasteiger partial charge is 0.254 e. The van der Waals surface area contributed by atoms with Gasteiger partial charge in [-0.05, 0) is 69.8 Å². The molecule has 1 aromatic carbocycles. The van der Waals surface area contributed by atoms with E-state index in [9.17, 15) is 4.79 Å². The van der Waals surface area contributed by atoms with Crippen LogP contribution in [0.25, 0.3) is 0 Å². The van der Waals surface area contributed by atoms with Crippen molar-refractivity contribution >= 4 is 57.3 Å². The van der Waals surface area contributed by atoms with Crippen LogP contribution < -0.4 is 10.2 Å². The van der Waals surface area contributed by atoms with Gasteiger partial charge in [0.2, 0.25) is 0 Å². The van der Waals surface area contributed by atoms with E-state index in [1.807, 2.05) is 19.1 Å². The van der Waals surface area contributed by atoms with Gasteiger partial charge in [-0.25, -0.2) is 5.43 Å². The lowest BCUT2D eigenvalue weighted by atomic mass is 10.2. The number of carbonyl (C=O) groups is 1. The van der Waals surface area contributed by atoms with E-state index < -0.39 is 0 Å². The number of benzene rings is 1. The van der Waals surface area contributed by atoms with E-state index in [2.05, 4.69) is 60.6 Å². The highest BCUT2D eigenvalue weighted by Crippen LogP contribution is 2.28. The molecule has 0 aromatic heterocycles. The van der Waals surface area contributed by atoms with Crippen molar-refractivity contribution < 1.29 is 14.3 Å². The Hall–Kier alpha value is -0.460. The second-order valence-electron chi connectivity index (χ2n) is 4.93. The first kappa shape index (κ1) is 18.9. The Morgan fingerprint density at radius 1 is 1.39 bits per heavy atom. The summed E-state index contributed by atoms with van der Waals surface area (Å²) in [5, 5.41) is 4.03. The van der Waals surface area contributed by atoms with Gasteiger partial charge >= 0.3 is 0 Å². The van der Waals surface area contributed by atoms with Gasteiger partial charge in [-0.2, -0.15) is 5.10 Å². The third kappa shape index (κ3) is 6.16. The molecule has 1 heterocycles. The molecule has 1 fully saturated rings. The minimum absolute atomic E-state index is 0.113. The molecule has 23 heavy (non-hydrogen) atoms.